The van der Waals surface area contributed by atoms with Crippen LogP contribution in [0.25, 0.3) is 0 Å². The number of hydrogen-bond acceptors (Lipinski definition) is 2. The smallest absolute Gasteiger partial charge is 0.261 e. The van der Waals surface area contributed by atoms with Gasteiger partial charge in [0.15, 0.2) is 0 Å². The molecular formula is C12H23F2NO. The average molecular weight is 235 g/mol. The normalized spacial score (nSPS) is 30.9. The van der Waals surface area contributed by atoms with E-state index in [1.165, 1.54) is 19.3 Å². The zero-order valence-electron chi connectivity index (χ0n) is 10.2. The van der Waals surface area contributed by atoms with Gasteiger partial charge >= 0.3 is 0 Å². The van der Waals surface area contributed by atoms with Gasteiger partial charge < -0.3 is 10.1 Å². The van der Waals surface area contributed by atoms with E-state index in [2.05, 4.69) is 19.2 Å². The Morgan fingerprint density at radius 3 is 2.62 bits per heavy atom. The maximum absolute atomic E-state index is 11.8. The molecule has 4 heteroatoms. The topological polar surface area (TPSA) is 21.3 Å². The van der Waals surface area contributed by atoms with E-state index in [9.17, 15) is 8.78 Å². The summed E-state index contributed by atoms with van der Waals surface area (Å²) in [6, 6.07) is 0.543. The standard InChI is InChI=1S/C12H23F2NO/c1-9-3-4-11(7-10(9)2)15-5-6-16-8-12(13)14/h9-12,15H,3-8H2,1-2H3. The highest BCUT2D eigenvalue weighted by Crippen LogP contribution is 2.29. The summed E-state index contributed by atoms with van der Waals surface area (Å²) in [6.07, 6.45) is 1.29. The van der Waals surface area contributed by atoms with Crippen LogP contribution in [0.15, 0.2) is 0 Å². The summed E-state index contributed by atoms with van der Waals surface area (Å²) in [5.41, 5.74) is 0. The fourth-order valence-electron chi connectivity index (χ4n) is 2.24. The molecule has 0 spiro atoms. The van der Waals surface area contributed by atoms with Gasteiger partial charge in [-0.2, -0.15) is 0 Å². The molecule has 0 saturated heterocycles. The molecule has 0 radical (unpaired) electrons. The first-order valence-electron chi connectivity index (χ1n) is 6.19. The highest BCUT2D eigenvalue weighted by Gasteiger charge is 2.23. The first-order valence-corrected chi connectivity index (χ1v) is 6.19. The van der Waals surface area contributed by atoms with Crippen molar-refractivity contribution in [3.05, 3.63) is 0 Å². The second-order valence-corrected chi connectivity index (χ2v) is 4.88. The van der Waals surface area contributed by atoms with Crippen LogP contribution < -0.4 is 5.32 Å². The number of rotatable bonds is 6. The van der Waals surface area contributed by atoms with Crippen LogP contribution in [0, 0.1) is 11.8 Å². The molecule has 1 fully saturated rings. The van der Waals surface area contributed by atoms with Crippen LogP contribution in [0.3, 0.4) is 0 Å². The van der Waals surface area contributed by atoms with Gasteiger partial charge in [0.1, 0.15) is 6.61 Å². The Morgan fingerprint density at radius 1 is 1.25 bits per heavy atom. The minimum Gasteiger partial charge on any atom is -0.374 e. The van der Waals surface area contributed by atoms with E-state index >= 15 is 0 Å². The lowest BCUT2D eigenvalue weighted by Crippen LogP contribution is -2.38. The SMILES string of the molecule is CC1CCC(NCCOCC(F)F)CC1C. The van der Waals surface area contributed by atoms with Crippen molar-refractivity contribution in [1.82, 2.24) is 5.32 Å². The molecule has 0 bridgehead atoms. The molecule has 1 aliphatic rings. The van der Waals surface area contributed by atoms with E-state index in [0.717, 1.165) is 11.8 Å². The van der Waals surface area contributed by atoms with Gasteiger partial charge in [0.2, 0.25) is 0 Å². The van der Waals surface area contributed by atoms with Crippen LogP contribution >= 0.6 is 0 Å². The Labute approximate surface area is 96.7 Å². The Hall–Kier alpha value is -0.220. The van der Waals surface area contributed by atoms with Crippen LogP contribution in [0.2, 0.25) is 0 Å². The lowest BCUT2D eigenvalue weighted by atomic mass is 9.79. The molecule has 1 N–H and O–H groups in total. The van der Waals surface area contributed by atoms with E-state index in [1.54, 1.807) is 0 Å². The van der Waals surface area contributed by atoms with Crippen molar-refractivity contribution in [2.75, 3.05) is 19.8 Å². The van der Waals surface area contributed by atoms with Crippen molar-refractivity contribution in [1.29, 1.82) is 0 Å². The van der Waals surface area contributed by atoms with Crippen molar-refractivity contribution < 1.29 is 13.5 Å². The van der Waals surface area contributed by atoms with Crippen LogP contribution in [0.1, 0.15) is 33.1 Å². The summed E-state index contributed by atoms with van der Waals surface area (Å²) in [7, 11) is 0. The minimum absolute atomic E-state index is 0.380. The number of halogens is 2. The molecule has 2 nitrogen and oxygen atoms in total. The van der Waals surface area contributed by atoms with E-state index in [-0.39, 0.29) is 0 Å². The molecule has 1 saturated carbocycles. The van der Waals surface area contributed by atoms with Gasteiger partial charge in [0.05, 0.1) is 6.61 Å². The third-order valence-corrected chi connectivity index (χ3v) is 3.52. The second-order valence-electron chi connectivity index (χ2n) is 4.88. The van der Waals surface area contributed by atoms with Crippen LogP contribution in [-0.4, -0.2) is 32.2 Å². The molecule has 1 rings (SSSR count). The van der Waals surface area contributed by atoms with Gasteiger partial charge in [-0.1, -0.05) is 13.8 Å². The molecule has 0 heterocycles. The van der Waals surface area contributed by atoms with Crippen molar-refractivity contribution in [2.24, 2.45) is 11.8 Å². The van der Waals surface area contributed by atoms with Gasteiger partial charge in [-0.15, -0.1) is 0 Å². The monoisotopic (exact) mass is 235 g/mol. The molecule has 3 atom stereocenters. The predicted molar refractivity (Wildman–Crippen MR) is 60.8 cm³/mol. The van der Waals surface area contributed by atoms with Crippen molar-refractivity contribution in [3.63, 3.8) is 0 Å². The number of hydrogen-bond donors (Lipinski definition) is 1. The summed E-state index contributed by atoms with van der Waals surface area (Å²) in [6.45, 7) is 5.20. The van der Waals surface area contributed by atoms with Crippen LogP contribution in [-0.2, 0) is 4.74 Å². The van der Waals surface area contributed by atoms with E-state index in [0.29, 0.717) is 19.2 Å². The minimum atomic E-state index is -2.35. The molecule has 1 aliphatic carbocycles. The van der Waals surface area contributed by atoms with Gasteiger partial charge in [0.25, 0.3) is 6.43 Å². The zero-order valence-corrected chi connectivity index (χ0v) is 10.2. The quantitative estimate of drug-likeness (QED) is 0.715. The molecule has 0 aromatic heterocycles. The van der Waals surface area contributed by atoms with E-state index < -0.39 is 13.0 Å². The molecule has 16 heavy (non-hydrogen) atoms. The van der Waals surface area contributed by atoms with E-state index in [4.69, 9.17) is 4.74 Å². The highest BCUT2D eigenvalue weighted by atomic mass is 19.3. The number of ether oxygens (including phenoxy) is 1. The van der Waals surface area contributed by atoms with Crippen molar-refractivity contribution >= 4 is 0 Å². The average Bonchev–Trinajstić information content (AvgIpc) is 2.22. The first kappa shape index (κ1) is 13.8. The first-order chi connectivity index (χ1) is 7.59. The van der Waals surface area contributed by atoms with Crippen LogP contribution in [0.4, 0.5) is 8.78 Å². The van der Waals surface area contributed by atoms with E-state index in [1.807, 2.05) is 0 Å². The Balaban J connectivity index is 2.01. The molecule has 96 valence electrons. The molecular weight excluding hydrogens is 212 g/mol. The summed E-state index contributed by atoms with van der Waals surface area (Å²) in [5, 5.41) is 3.38. The summed E-state index contributed by atoms with van der Waals surface area (Å²) in [4.78, 5) is 0. The maximum atomic E-state index is 11.8. The lowest BCUT2D eigenvalue weighted by Gasteiger charge is -2.32. The molecule has 0 aromatic carbocycles. The van der Waals surface area contributed by atoms with Crippen molar-refractivity contribution in [2.45, 2.75) is 45.6 Å². The lowest BCUT2D eigenvalue weighted by molar-refractivity contribution is 0.0176. The maximum Gasteiger partial charge on any atom is 0.261 e. The number of nitrogens with one attached hydrogen (secondary N) is 1. The number of alkyl halides is 2. The Kier molecular flexibility index (Phi) is 6.21. The second kappa shape index (κ2) is 7.17. The fraction of sp³-hybridized carbons (Fsp3) is 1.00. The molecule has 0 aromatic rings. The molecule has 0 amide bonds. The van der Waals surface area contributed by atoms with Gasteiger partial charge in [-0.05, 0) is 31.1 Å². The Morgan fingerprint density at radius 2 is 2.00 bits per heavy atom. The third-order valence-electron chi connectivity index (χ3n) is 3.52. The summed E-state index contributed by atoms with van der Waals surface area (Å²) < 4.78 is 28.4. The third kappa shape index (κ3) is 5.21. The summed E-state index contributed by atoms with van der Waals surface area (Å²) >= 11 is 0. The largest absolute Gasteiger partial charge is 0.374 e. The van der Waals surface area contributed by atoms with Gasteiger partial charge in [0, 0.05) is 12.6 Å². The van der Waals surface area contributed by atoms with Gasteiger partial charge in [-0.3, -0.25) is 0 Å². The van der Waals surface area contributed by atoms with Crippen LogP contribution in [0.5, 0.6) is 0 Å². The van der Waals surface area contributed by atoms with Crippen molar-refractivity contribution in [3.8, 4) is 0 Å². The molecule has 3 unspecified atom stereocenters. The zero-order chi connectivity index (χ0) is 12.0. The highest BCUT2D eigenvalue weighted by molar-refractivity contribution is 4.79. The Bertz CT molecular complexity index is 190. The summed E-state index contributed by atoms with van der Waals surface area (Å²) in [5.74, 6) is 1.57. The molecule has 0 aliphatic heterocycles. The fourth-order valence-corrected chi connectivity index (χ4v) is 2.24. The predicted octanol–water partition coefficient (Wildman–Crippen LogP) is 2.68. The van der Waals surface area contributed by atoms with Gasteiger partial charge in [-0.25, -0.2) is 8.78 Å².